The van der Waals surface area contributed by atoms with Crippen LogP contribution in [0, 0.1) is 0 Å². The summed E-state index contributed by atoms with van der Waals surface area (Å²) in [6, 6.07) is 7.68. The van der Waals surface area contributed by atoms with Gasteiger partial charge in [-0.2, -0.15) is 0 Å². The van der Waals surface area contributed by atoms with Crippen molar-refractivity contribution >= 4 is 5.78 Å². The summed E-state index contributed by atoms with van der Waals surface area (Å²) in [5.74, 6) is 0.119. The number of hydrogen-bond donors (Lipinski definition) is 2. The average Bonchev–Trinajstić information content (AvgIpc) is 2.85. The second-order valence-electron chi connectivity index (χ2n) is 4.38. The van der Waals surface area contributed by atoms with Crippen molar-refractivity contribution in [2.75, 3.05) is 13.6 Å². The fourth-order valence-corrected chi connectivity index (χ4v) is 1.76. The molecule has 1 aromatic heterocycles. The molecule has 0 aliphatic rings. The normalized spacial score (nSPS) is 10.8. The first-order valence-electron chi connectivity index (χ1n) is 5.82. The van der Waals surface area contributed by atoms with E-state index in [2.05, 4.69) is 0 Å². The molecular weight excluding hydrogens is 246 g/mol. The third kappa shape index (κ3) is 3.35. The van der Waals surface area contributed by atoms with Crippen molar-refractivity contribution in [1.29, 1.82) is 0 Å². The lowest BCUT2D eigenvalue weighted by molar-refractivity contribution is 0.0939. The zero-order chi connectivity index (χ0) is 13.8. The van der Waals surface area contributed by atoms with Gasteiger partial charge in [-0.3, -0.25) is 9.69 Å². The Bertz CT molecular complexity index is 563. The molecule has 0 aliphatic carbocycles. The highest BCUT2D eigenvalue weighted by Gasteiger charge is 2.12. The molecule has 0 saturated heterocycles. The topological polar surface area (TPSA) is 73.9 Å². The van der Waals surface area contributed by atoms with E-state index in [1.54, 1.807) is 19.4 Å². The molecule has 5 nitrogen and oxygen atoms in total. The summed E-state index contributed by atoms with van der Waals surface area (Å²) in [7, 11) is 1.81. The van der Waals surface area contributed by atoms with E-state index < -0.39 is 0 Å². The number of furan rings is 1. The summed E-state index contributed by atoms with van der Waals surface area (Å²) in [4.78, 5) is 13.8. The van der Waals surface area contributed by atoms with Crippen molar-refractivity contribution in [2.45, 2.75) is 6.54 Å². The van der Waals surface area contributed by atoms with Crippen LogP contribution in [0.1, 0.15) is 16.1 Å². The highest BCUT2D eigenvalue weighted by molar-refractivity contribution is 5.98. The molecule has 0 saturated carbocycles. The zero-order valence-corrected chi connectivity index (χ0v) is 10.5. The van der Waals surface area contributed by atoms with Gasteiger partial charge in [-0.05, 0) is 37.4 Å². The Morgan fingerprint density at radius 2 is 2.05 bits per heavy atom. The van der Waals surface area contributed by atoms with Crippen LogP contribution in [0.25, 0.3) is 0 Å². The second kappa shape index (κ2) is 5.58. The van der Waals surface area contributed by atoms with Gasteiger partial charge in [0.05, 0.1) is 19.4 Å². The molecule has 0 amide bonds. The van der Waals surface area contributed by atoms with Crippen LogP contribution in [0.4, 0.5) is 0 Å². The van der Waals surface area contributed by atoms with Crippen molar-refractivity contribution in [3.05, 3.63) is 47.9 Å². The van der Waals surface area contributed by atoms with Gasteiger partial charge >= 0.3 is 0 Å². The molecule has 2 aromatic rings. The summed E-state index contributed by atoms with van der Waals surface area (Å²) < 4.78 is 5.20. The first kappa shape index (κ1) is 13.2. The maximum Gasteiger partial charge on any atom is 0.176 e. The van der Waals surface area contributed by atoms with E-state index >= 15 is 0 Å². The van der Waals surface area contributed by atoms with Crippen molar-refractivity contribution < 1.29 is 19.4 Å². The van der Waals surface area contributed by atoms with Crippen LogP contribution in [-0.2, 0) is 6.54 Å². The van der Waals surface area contributed by atoms with E-state index in [-0.39, 0.29) is 23.8 Å². The summed E-state index contributed by atoms with van der Waals surface area (Å²) in [5, 5.41) is 18.6. The molecule has 1 heterocycles. The highest BCUT2D eigenvalue weighted by atomic mass is 16.3. The molecule has 0 fully saturated rings. The van der Waals surface area contributed by atoms with Crippen LogP contribution in [0.5, 0.6) is 11.5 Å². The first-order chi connectivity index (χ1) is 9.06. The van der Waals surface area contributed by atoms with Gasteiger partial charge in [0.25, 0.3) is 0 Å². The molecule has 0 spiro atoms. The fourth-order valence-electron chi connectivity index (χ4n) is 1.76. The molecule has 0 atom stereocenters. The van der Waals surface area contributed by atoms with Crippen LogP contribution in [-0.4, -0.2) is 34.5 Å². The molecule has 19 heavy (non-hydrogen) atoms. The standard InChI is InChI=1S/C14H15NO4/c1-15(8-11-3-2-6-19-11)9-14(18)10-4-5-12(16)13(17)7-10/h2-7,16-17H,8-9H2,1H3. The van der Waals surface area contributed by atoms with Crippen molar-refractivity contribution in [3.63, 3.8) is 0 Å². The lowest BCUT2D eigenvalue weighted by Crippen LogP contribution is -2.25. The maximum absolute atomic E-state index is 12.0. The van der Waals surface area contributed by atoms with Gasteiger partial charge in [-0.15, -0.1) is 0 Å². The summed E-state index contributed by atoms with van der Waals surface area (Å²) in [5.41, 5.74) is 0.363. The van der Waals surface area contributed by atoms with Crippen LogP contribution < -0.4 is 0 Å². The molecule has 2 rings (SSSR count). The van der Waals surface area contributed by atoms with Crippen LogP contribution in [0.3, 0.4) is 0 Å². The molecule has 5 heteroatoms. The average molecular weight is 261 g/mol. The largest absolute Gasteiger partial charge is 0.504 e. The number of Topliss-reactive ketones (excluding diaryl/α,β-unsaturated/α-hetero) is 1. The number of ketones is 1. The Morgan fingerprint density at radius 3 is 2.68 bits per heavy atom. The summed E-state index contributed by atoms with van der Waals surface area (Å²) in [6.45, 7) is 0.730. The number of likely N-dealkylation sites (N-methyl/N-ethyl adjacent to an activating group) is 1. The van der Waals surface area contributed by atoms with E-state index in [4.69, 9.17) is 4.42 Å². The van der Waals surface area contributed by atoms with Crippen molar-refractivity contribution in [1.82, 2.24) is 4.90 Å². The lowest BCUT2D eigenvalue weighted by Gasteiger charge is -2.14. The van der Waals surface area contributed by atoms with E-state index in [1.807, 2.05) is 11.0 Å². The number of nitrogens with zero attached hydrogens (tertiary/aromatic N) is 1. The highest BCUT2D eigenvalue weighted by Crippen LogP contribution is 2.25. The minimum atomic E-state index is -0.292. The Balaban J connectivity index is 1.98. The number of aromatic hydroxyl groups is 2. The molecule has 1 aromatic carbocycles. The third-order valence-electron chi connectivity index (χ3n) is 2.72. The number of carbonyl (C=O) groups excluding carboxylic acids is 1. The van der Waals surface area contributed by atoms with Crippen LogP contribution >= 0.6 is 0 Å². The number of phenols is 2. The minimum Gasteiger partial charge on any atom is -0.504 e. The molecule has 0 unspecified atom stereocenters. The molecule has 2 N–H and O–H groups in total. The van der Waals surface area contributed by atoms with Crippen LogP contribution in [0.15, 0.2) is 41.0 Å². The number of hydrogen-bond acceptors (Lipinski definition) is 5. The van der Waals surface area contributed by atoms with Gasteiger partial charge in [-0.25, -0.2) is 0 Å². The maximum atomic E-state index is 12.0. The monoisotopic (exact) mass is 261 g/mol. The Hall–Kier alpha value is -2.27. The van der Waals surface area contributed by atoms with Crippen molar-refractivity contribution in [3.8, 4) is 11.5 Å². The Labute approximate surface area is 110 Å². The van der Waals surface area contributed by atoms with E-state index in [9.17, 15) is 15.0 Å². The predicted molar refractivity (Wildman–Crippen MR) is 69.1 cm³/mol. The van der Waals surface area contributed by atoms with Gasteiger partial charge in [0.15, 0.2) is 17.3 Å². The first-order valence-corrected chi connectivity index (χ1v) is 5.82. The lowest BCUT2D eigenvalue weighted by atomic mass is 10.1. The van der Waals surface area contributed by atoms with E-state index in [1.165, 1.54) is 18.2 Å². The predicted octanol–water partition coefficient (Wildman–Crippen LogP) is 2.01. The summed E-state index contributed by atoms with van der Waals surface area (Å²) in [6.07, 6.45) is 1.59. The number of benzene rings is 1. The number of carbonyl (C=O) groups is 1. The molecule has 0 aliphatic heterocycles. The Kier molecular flexibility index (Phi) is 3.87. The van der Waals surface area contributed by atoms with Gasteiger partial charge in [0.1, 0.15) is 5.76 Å². The van der Waals surface area contributed by atoms with Gasteiger partial charge < -0.3 is 14.6 Å². The Morgan fingerprint density at radius 1 is 1.26 bits per heavy atom. The molecule has 100 valence electrons. The minimum absolute atomic E-state index is 0.135. The quantitative estimate of drug-likeness (QED) is 0.636. The zero-order valence-electron chi connectivity index (χ0n) is 10.5. The fraction of sp³-hybridized carbons (Fsp3) is 0.214. The van der Waals surface area contributed by atoms with Crippen LogP contribution in [0.2, 0.25) is 0 Å². The number of phenolic OH excluding ortho intramolecular Hbond substituents is 2. The summed E-state index contributed by atoms with van der Waals surface area (Å²) >= 11 is 0. The third-order valence-corrected chi connectivity index (χ3v) is 2.72. The van der Waals surface area contributed by atoms with Gasteiger partial charge in [0.2, 0.25) is 0 Å². The molecule has 0 bridgehead atoms. The van der Waals surface area contributed by atoms with Crippen molar-refractivity contribution in [2.24, 2.45) is 0 Å². The SMILES string of the molecule is CN(CC(=O)c1ccc(O)c(O)c1)Cc1ccco1. The van der Waals surface area contributed by atoms with Gasteiger partial charge in [-0.1, -0.05) is 0 Å². The molecule has 0 radical (unpaired) electrons. The second-order valence-corrected chi connectivity index (χ2v) is 4.38. The smallest absolute Gasteiger partial charge is 0.176 e. The van der Waals surface area contributed by atoms with E-state index in [0.717, 1.165) is 5.76 Å². The molecular formula is C14H15NO4. The van der Waals surface area contributed by atoms with Gasteiger partial charge in [0, 0.05) is 5.56 Å². The number of rotatable bonds is 5. The van der Waals surface area contributed by atoms with E-state index in [0.29, 0.717) is 12.1 Å².